The van der Waals surface area contributed by atoms with Gasteiger partial charge >= 0.3 is 5.97 Å². The molecule has 0 aromatic carbocycles. The lowest BCUT2D eigenvalue weighted by Gasteiger charge is -2.30. The van der Waals surface area contributed by atoms with Crippen LogP contribution >= 0.6 is 0 Å². The maximum atomic E-state index is 12.4. The quantitative estimate of drug-likeness (QED) is 0.889. The Bertz CT molecular complexity index is 796. The van der Waals surface area contributed by atoms with Crippen LogP contribution in [0.25, 0.3) is 11.5 Å². The van der Waals surface area contributed by atoms with Crippen molar-refractivity contribution < 1.29 is 19.1 Å². The fraction of sp³-hybridized carbons (Fsp3) is 0.375. The normalized spacial score (nSPS) is 17.7. The fourth-order valence-electron chi connectivity index (χ4n) is 2.75. The number of amides is 1. The van der Waals surface area contributed by atoms with Crippen LogP contribution in [0.3, 0.4) is 0 Å². The number of piperidine rings is 1. The second-order valence-electron chi connectivity index (χ2n) is 5.71. The van der Waals surface area contributed by atoms with E-state index in [1.54, 1.807) is 12.1 Å². The lowest BCUT2D eigenvalue weighted by Crippen LogP contribution is -2.44. The Balaban J connectivity index is 1.75. The molecular weight excluding hydrogens is 314 g/mol. The van der Waals surface area contributed by atoms with Gasteiger partial charge in [-0.2, -0.15) is 5.10 Å². The minimum absolute atomic E-state index is 0.167. The molecule has 1 aliphatic rings. The van der Waals surface area contributed by atoms with Crippen molar-refractivity contribution in [1.29, 1.82) is 0 Å². The average Bonchev–Trinajstić information content (AvgIpc) is 3.11. The van der Waals surface area contributed by atoms with Crippen LogP contribution in [0.5, 0.6) is 0 Å². The number of aliphatic carboxylic acids is 1. The lowest BCUT2D eigenvalue weighted by molar-refractivity contribution is -0.145. The first-order valence-electron chi connectivity index (χ1n) is 7.67. The lowest BCUT2D eigenvalue weighted by atomic mass is 9.98. The largest absolute Gasteiger partial charge is 0.481 e. The molecule has 0 saturated carbocycles. The highest BCUT2D eigenvalue weighted by atomic mass is 16.4. The zero-order valence-electron chi connectivity index (χ0n) is 12.9. The molecule has 0 spiro atoms. The molecule has 1 fully saturated rings. The van der Waals surface area contributed by atoms with Crippen molar-refractivity contribution >= 4 is 11.9 Å². The van der Waals surface area contributed by atoms with Crippen LogP contribution in [-0.2, 0) is 16.1 Å². The number of hydrogen-bond acceptors (Lipinski definition) is 5. The highest BCUT2D eigenvalue weighted by Crippen LogP contribution is 2.17. The summed E-state index contributed by atoms with van der Waals surface area (Å²) in [5.41, 5.74) is 0.0555. The minimum Gasteiger partial charge on any atom is -0.481 e. The van der Waals surface area contributed by atoms with Crippen molar-refractivity contribution in [2.75, 3.05) is 13.1 Å². The number of carboxylic acids is 1. The minimum atomic E-state index is -0.900. The van der Waals surface area contributed by atoms with Crippen LogP contribution in [0, 0.1) is 5.92 Å². The standard InChI is InChI=1S/C16H17N3O5/c20-14-6-5-12(13-4-2-8-24-13)17-19(14)10-15(21)18-7-1-3-11(9-18)16(22)23/h2,4-6,8,11H,1,3,7,9-10H2,(H,22,23)/t11-/m0/s1. The highest BCUT2D eigenvalue weighted by Gasteiger charge is 2.28. The van der Waals surface area contributed by atoms with Gasteiger partial charge in [0.1, 0.15) is 12.2 Å². The zero-order chi connectivity index (χ0) is 17.1. The molecule has 24 heavy (non-hydrogen) atoms. The summed E-state index contributed by atoms with van der Waals surface area (Å²) < 4.78 is 6.31. The van der Waals surface area contributed by atoms with Crippen LogP contribution in [0.1, 0.15) is 12.8 Å². The van der Waals surface area contributed by atoms with Gasteiger partial charge in [0, 0.05) is 19.2 Å². The molecule has 3 heterocycles. The molecule has 8 nitrogen and oxygen atoms in total. The van der Waals surface area contributed by atoms with Crippen LogP contribution in [-0.4, -0.2) is 44.8 Å². The summed E-state index contributed by atoms with van der Waals surface area (Å²) in [6.07, 6.45) is 2.69. The first kappa shape index (κ1) is 16.0. The zero-order valence-corrected chi connectivity index (χ0v) is 12.9. The molecule has 0 radical (unpaired) electrons. The van der Waals surface area contributed by atoms with E-state index in [4.69, 9.17) is 9.52 Å². The van der Waals surface area contributed by atoms with Crippen molar-refractivity contribution in [2.45, 2.75) is 19.4 Å². The summed E-state index contributed by atoms with van der Waals surface area (Å²) in [6, 6.07) is 6.27. The number of nitrogens with zero attached hydrogens (tertiary/aromatic N) is 3. The van der Waals surface area contributed by atoms with Crippen LogP contribution in [0.4, 0.5) is 0 Å². The average molecular weight is 331 g/mol. The summed E-state index contributed by atoms with van der Waals surface area (Å²) in [4.78, 5) is 36.9. The van der Waals surface area contributed by atoms with Crippen molar-refractivity contribution in [3.8, 4) is 11.5 Å². The monoisotopic (exact) mass is 331 g/mol. The van der Waals surface area contributed by atoms with Crippen molar-refractivity contribution in [3.05, 3.63) is 40.9 Å². The van der Waals surface area contributed by atoms with E-state index in [2.05, 4.69) is 5.10 Å². The number of rotatable bonds is 4. The topological polar surface area (TPSA) is 106 Å². The summed E-state index contributed by atoms with van der Waals surface area (Å²) >= 11 is 0. The molecule has 1 aliphatic heterocycles. The van der Waals surface area contributed by atoms with E-state index in [9.17, 15) is 14.4 Å². The smallest absolute Gasteiger partial charge is 0.308 e. The Morgan fingerprint density at radius 3 is 2.88 bits per heavy atom. The predicted octanol–water partition coefficient (Wildman–Crippen LogP) is 0.826. The number of likely N-dealkylation sites (tertiary alicyclic amines) is 1. The van der Waals surface area contributed by atoms with Crippen LogP contribution < -0.4 is 5.56 Å². The number of carbonyl (C=O) groups is 2. The molecule has 2 aromatic heterocycles. The van der Waals surface area contributed by atoms with Gasteiger partial charge in [0.2, 0.25) is 5.91 Å². The molecular formula is C16H17N3O5. The molecule has 1 amide bonds. The molecule has 8 heteroatoms. The Labute approximate surface area is 137 Å². The van der Waals surface area contributed by atoms with E-state index in [-0.39, 0.29) is 19.0 Å². The summed E-state index contributed by atoms with van der Waals surface area (Å²) in [7, 11) is 0. The van der Waals surface area contributed by atoms with Gasteiger partial charge in [-0.15, -0.1) is 0 Å². The maximum Gasteiger partial charge on any atom is 0.308 e. The number of aromatic nitrogens is 2. The number of carboxylic acid groups (broad SMARTS) is 1. The first-order valence-corrected chi connectivity index (χ1v) is 7.67. The third-order valence-electron chi connectivity index (χ3n) is 4.05. The maximum absolute atomic E-state index is 12.4. The Morgan fingerprint density at radius 2 is 2.17 bits per heavy atom. The third kappa shape index (κ3) is 3.37. The second-order valence-corrected chi connectivity index (χ2v) is 5.71. The number of carbonyl (C=O) groups excluding carboxylic acids is 1. The van der Waals surface area contributed by atoms with E-state index in [1.165, 1.54) is 23.3 Å². The fourth-order valence-corrected chi connectivity index (χ4v) is 2.75. The number of furan rings is 1. The molecule has 3 rings (SSSR count). The third-order valence-corrected chi connectivity index (χ3v) is 4.05. The molecule has 1 N–H and O–H groups in total. The van der Waals surface area contributed by atoms with Gasteiger partial charge in [0.25, 0.3) is 5.56 Å². The molecule has 126 valence electrons. The Morgan fingerprint density at radius 1 is 1.33 bits per heavy atom. The van der Waals surface area contributed by atoms with Crippen molar-refractivity contribution in [2.24, 2.45) is 5.92 Å². The van der Waals surface area contributed by atoms with Gasteiger partial charge in [0.05, 0.1) is 12.2 Å². The van der Waals surface area contributed by atoms with Gasteiger partial charge in [-0.3, -0.25) is 14.4 Å². The van der Waals surface area contributed by atoms with Gasteiger partial charge in [-0.25, -0.2) is 4.68 Å². The van der Waals surface area contributed by atoms with Crippen LogP contribution in [0.15, 0.2) is 39.7 Å². The molecule has 1 atom stereocenters. The van der Waals surface area contributed by atoms with Gasteiger partial charge in [-0.05, 0) is 31.0 Å². The van der Waals surface area contributed by atoms with Crippen molar-refractivity contribution in [3.63, 3.8) is 0 Å². The van der Waals surface area contributed by atoms with E-state index >= 15 is 0 Å². The van der Waals surface area contributed by atoms with E-state index < -0.39 is 17.4 Å². The summed E-state index contributed by atoms with van der Waals surface area (Å²) in [6.45, 7) is 0.440. The predicted molar refractivity (Wildman–Crippen MR) is 83.1 cm³/mol. The second kappa shape index (κ2) is 6.69. The highest BCUT2D eigenvalue weighted by molar-refractivity contribution is 5.77. The Hall–Kier alpha value is -2.90. The molecule has 2 aromatic rings. The van der Waals surface area contributed by atoms with Gasteiger partial charge in [0.15, 0.2) is 5.76 Å². The van der Waals surface area contributed by atoms with E-state index in [0.29, 0.717) is 30.8 Å². The SMILES string of the molecule is O=C(O)[C@H]1CCCN(C(=O)Cn2nc(-c3ccco3)ccc2=O)C1. The Kier molecular flexibility index (Phi) is 4.45. The van der Waals surface area contributed by atoms with E-state index in [1.807, 2.05) is 0 Å². The first-order chi connectivity index (χ1) is 11.5. The summed E-state index contributed by atoms with van der Waals surface area (Å²) in [5, 5.41) is 13.2. The molecule has 0 bridgehead atoms. The summed E-state index contributed by atoms with van der Waals surface area (Å²) in [5.74, 6) is -1.27. The molecule has 0 aliphatic carbocycles. The van der Waals surface area contributed by atoms with Gasteiger partial charge < -0.3 is 14.4 Å². The van der Waals surface area contributed by atoms with Crippen LogP contribution in [0.2, 0.25) is 0 Å². The molecule has 0 unspecified atom stereocenters. The molecule has 1 saturated heterocycles. The number of hydrogen-bond donors (Lipinski definition) is 1. The van der Waals surface area contributed by atoms with Crippen molar-refractivity contribution in [1.82, 2.24) is 14.7 Å². The van der Waals surface area contributed by atoms with E-state index in [0.717, 1.165) is 4.68 Å². The van der Waals surface area contributed by atoms with Gasteiger partial charge in [-0.1, -0.05) is 0 Å².